The van der Waals surface area contributed by atoms with Crippen molar-refractivity contribution in [2.75, 3.05) is 7.11 Å². The predicted molar refractivity (Wildman–Crippen MR) is 88.2 cm³/mol. The van der Waals surface area contributed by atoms with Crippen LogP contribution in [-0.4, -0.2) is 38.3 Å². The van der Waals surface area contributed by atoms with E-state index in [-0.39, 0.29) is 11.2 Å². The normalized spacial score (nSPS) is 12.4. The van der Waals surface area contributed by atoms with Gasteiger partial charge in [0.15, 0.2) is 9.35 Å². The van der Waals surface area contributed by atoms with Crippen molar-refractivity contribution in [1.29, 1.82) is 0 Å². The van der Waals surface area contributed by atoms with Gasteiger partial charge in [-0.1, -0.05) is 30.0 Å². The zero-order valence-electron chi connectivity index (χ0n) is 13.4. The summed E-state index contributed by atoms with van der Waals surface area (Å²) < 4.78 is 7.50. The molecule has 22 heavy (non-hydrogen) atoms. The summed E-state index contributed by atoms with van der Waals surface area (Å²) >= 11 is 2.85. The van der Waals surface area contributed by atoms with Crippen molar-refractivity contribution in [2.24, 2.45) is 0 Å². The fourth-order valence-corrected chi connectivity index (χ4v) is 4.33. The molecule has 0 aliphatic carbocycles. The number of carbonyl (C=O) groups is 1. The second-order valence-electron chi connectivity index (χ2n) is 4.93. The van der Waals surface area contributed by atoms with E-state index in [1.54, 1.807) is 6.92 Å². The van der Waals surface area contributed by atoms with Gasteiger partial charge in [-0.25, -0.2) is 0 Å². The number of carbonyl (C=O) groups excluding carboxylic acids is 1. The molecule has 2 heterocycles. The van der Waals surface area contributed by atoms with Crippen LogP contribution < -0.4 is 0 Å². The highest BCUT2D eigenvalue weighted by Crippen LogP contribution is 2.34. The number of esters is 1. The van der Waals surface area contributed by atoms with E-state index in [0.29, 0.717) is 0 Å². The van der Waals surface area contributed by atoms with Crippen LogP contribution in [0.25, 0.3) is 10.6 Å². The van der Waals surface area contributed by atoms with Crippen LogP contribution in [0.4, 0.5) is 0 Å². The average Bonchev–Trinajstić information content (AvgIpc) is 3.03. The topological polar surface area (TPSA) is 69.9 Å². The minimum Gasteiger partial charge on any atom is -0.468 e. The van der Waals surface area contributed by atoms with Gasteiger partial charge >= 0.3 is 5.97 Å². The van der Waals surface area contributed by atoms with Crippen LogP contribution in [-0.2, 0) is 16.1 Å². The zero-order chi connectivity index (χ0) is 16.3. The van der Waals surface area contributed by atoms with Gasteiger partial charge in [-0.15, -0.1) is 10.2 Å². The molecule has 0 aliphatic heterocycles. The van der Waals surface area contributed by atoms with E-state index in [0.717, 1.165) is 39.3 Å². The number of aromatic nitrogens is 4. The van der Waals surface area contributed by atoms with Crippen molar-refractivity contribution in [3.63, 3.8) is 0 Å². The fourth-order valence-electron chi connectivity index (χ4n) is 2.16. The number of nitrogens with zero attached hydrogens (tertiary/aromatic N) is 4. The molecular formula is C14H20N4O2S2. The number of rotatable bonds is 6. The van der Waals surface area contributed by atoms with E-state index in [9.17, 15) is 4.79 Å². The lowest BCUT2D eigenvalue weighted by molar-refractivity contribution is -0.139. The van der Waals surface area contributed by atoms with Crippen LogP contribution in [0, 0.1) is 13.8 Å². The van der Waals surface area contributed by atoms with Gasteiger partial charge in [0.05, 0.1) is 18.4 Å². The molecule has 2 aromatic heterocycles. The van der Waals surface area contributed by atoms with Gasteiger partial charge in [-0.2, -0.15) is 5.10 Å². The van der Waals surface area contributed by atoms with Crippen LogP contribution in [0.2, 0.25) is 0 Å². The standard InChI is InChI=1S/C14H20N4O2S2/c1-6-7-18-9(3)11(8(2)17-18)12-15-16-14(22-12)21-10(4)13(19)20-5/h10H,6-7H2,1-5H3. The minimum absolute atomic E-state index is 0.259. The number of ether oxygens (including phenoxy) is 1. The Morgan fingerprint density at radius 1 is 1.41 bits per heavy atom. The molecule has 2 aromatic rings. The van der Waals surface area contributed by atoms with Crippen LogP contribution in [0.1, 0.15) is 31.7 Å². The number of thioether (sulfide) groups is 1. The summed E-state index contributed by atoms with van der Waals surface area (Å²) in [6.07, 6.45) is 1.04. The largest absolute Gasteiger partial charge is 0.468 e. The van der Waals surface area contributed by atoms with Crippen molar-refractivity contribution in [3.8, 4) is 10.6 Å². The van der Waals surface area contributed by atoms with Crippen molar-refractivity contribution < 1.29 is 9.53 Å². The molecule has 8 heteroatoms. The van der Waals surface area contributed by atoms with E-state index in [1.165, 1.54) is 30.2 Å². The number of aryl methyl sites for hydroxylation is 2. The molecule has 1 atom stereocenters. The monoisotopic (exact) mass is 340 g/mol. The van der Waals surface area contributed by atoms with Crippen molar-refractivity contribution in [2.45, 2.75) is 50.3 Å². The minimum atomic E-state index is -0.296. The van der Waals surface area contributed by atoms with Crippen LogP contribution >= 0.6 is 23.1 Å². The lowest BCUT2D eigenvalue weighted by atomic mass is 10.2. The molecule has 0 aromatic carbocycles. The maximum atomic E-state index is 11.5. The molecule has 1 unspecified atom stereocenters. The van der Waals surface area contributed by atoms with Gasteiger partial charge < -0.3 is 4.74 Å². The van der Waals surface area contributed by atoms with Gasteiger partial charge in [-0.3, -0.25) is 9.48 Å². The van der Waals surface area contributed by atoms with Gasteiger partial charge in [0.25, 0.3) is 0 Å². The molecule has 0 amide bonds. The van der Waals surface area contributed by atoms with E-state index < -0.39 is 0 Å². The molecular weight excluding hydrogens is 320 g/mol. The molecule has 0 N–H and O–H groups in total. The Kier molecular flexibility index (Phi) is 5.57. The summed E-state index contributed by atoms with van der Waals surface area (Å²) in [6, 6.07) is 0. The predicted octanol–water partition coefficient (Wildman–Crippen LogP) is 3.08. The van der Waals surface area contributed by atoms with Gasteiger partial charge in [0, 0.05) is 12.2 Å². The Morgan fingerprint density at radius 2 is 2.14 bits per heavy atom. The summed E-state index contributed by atoms with van der Waals surface area (Å²) in [6.45, 7) is 8.86. The third kappa shape index (κ3) is 3.49. The first kappa shape index (κ1) is 17.0. The summed E-state index contributed by atoms with van der Waals surface area (Å²) in [5, 5.41) is 13.5. The Balaban J connectivity index is 2.23. The molecule has 0 aliphatic rings. The van der Waals surface area contributed by atoms with Gasteiger partial charge in [-0.05, 0) is 27.2 Å². The summed E-state index contributed by atoms with van der Waals surface area (Å²) in [7, 11) is 1.39. The molecule has 2 rings (SSSR count). The summed E-state index contributed by atoms with van der Waals surface area (Å²) in [5.41, 5.74) is 3.11. The molecule has 120 valence electrons. The van der Waals surface area contributed by atoms with E-state index in [2.05, 4.69) is 29.1 Å². The number of hydrogen-bond donors (Lipinski definition) is 0. The van der Waals surface area contributed by atoms with Crippen molar-refractivity contribution in [3.05, 3.63) is 11.4 Å². The summed E-state index contributed by atoms with van der Waals surface area (Å²) in [5.74, 6) is -0.259. The van der Waals surface area contributed by atoms with Crippen LogP contribution in [0.3, 0.4) is 0 Å². The average molecular weight is 340 g/mol. The highest BCUT2D eigenvalue weighted by molar-refractivity contribution is 8.02. The Labute approximate surface area is 138 Å². The highest BCUT2D eigenvalue weighted by Gasteiger charge is 2.20. The van der Waals surface area contributed by atoms with E-state index >= 15 is 0 Å². The number of methoxy groups -OCH3 is 1. The second-order valence-corrected chi connectivity index (χ2v) is 7.49. The maximum absolute atomic E-state index is 11.5. The van der Waals surface area contributed by atoms with Crippen LogP contribution in [0.15, 0.2) is 4.34 Å². The van der Waals surface area contributed by atoms with Gasteiger partial charge in [0.2, 0.25) is 0 Å². The van der Waals surface area contributed by atoms with E-state index in [1.807, 2.05) is 11.6 Å². The Hall–Kier alpha value is -1.41. The molecule has 0 spiro atoms. The van der Waals surface area contributed by atoms with Crippen molar-refractivity contribution >= 4 is 29.1 Å². The molecule has 0 saturated heterocycles. The first-order chi connectivity index (χ1) is 10.5. The molecule has 0 saturated carbocycles. The molecule has 6 nitrogen and oxygen atoms in total. The smallest absolute Gasteiger partial charge is 0.318 e. The van der Waals surface area contributed by atoms with Crippen molar-refractivity contribution in [1.82, 2.24) is 20.0 Å². The lowest BCUT2D eigenvalue weighted by Crippen LogP contribution is -2.14. The first-order valence-corrected chi connectivity index (χ1v) is 8.79. The quantitative estimate of drug-likeness (QED) is 0.594. The molecule has 0 fully saturated rings. The van der Waals surface area contributed by atoms with Crippen LogP contribution in [0.5, 0.6) is 0 Å². The molecule has 0 radical (unpaired) electrons. The van der Waals surface area contributed by atoms with E-state index in [4.69, 9.17) is 4.74 Å². The summed E-state index contributed by atoms with van der Waals surface area (Å²) in [4.78, 5) is 11.5. The third-order valence-electron chi connectivity index (χ3n) is 3.25. The zero-order valence-corrected chi connectivity index (χ0v) is 15.0. The Morgan fingerprint density at radius 3 is 2.77 bits per heavy atom. The fraction of sp³-hybridized carbons (Fsp3) is 0.571. The SMILES string of the molecule is CCCn1nc(C)c(-c2nnc(SC(C)C(=O)OC)s2)c1C. The third-order valence-corrected chi connectivity index (χ3v) is 5.35. The second kappa shape index (κ2) is 7.23. The van der Waals surface area contributed by atoms with Gasteiger partial charge in [0.1, 0.15) is 5.25 Å². The first-order valence-electron chi connectivity index (χ1n) is 7.10. The maximum Gasteiger partial charge on any atom is 0.318 e. The molecule has 0 bridgehead atoms. The number of hydrogen-bond acceptors (Lipinski definition) is 7. The Bertz CT molecular complexity index is 666. The highest BCUT2D eigenvalue weighted by atomic mass is 32.2. The lowest BCUT2D eigenvalue weighted by Gasteiger charge is -2.04.